The van der Waals surface area contributed by atoms with Crippen LogP contribution in [0.5, 0.6) is 5.88 Å². The minimum Gasteiger partial charge on any atom is -0.471 e. The van der Waals surface area contributed by atoms with Crippen LogP contribution in [0.15, 0.2) is 23.1 Å². The van der Waals surface area contributed by atoms with Crippen LogP contribution in [0.1, 0.15) is 34.7 Å². The van der Waals surface area contributed by atoms with E-state index in [4.69, 9.17) is 9.26 Å². The second-order valence-corrected chi connectivity index (χ2v) is 5.38. The summed E-state index contributed by atoms with van der Waals surface area (Å²) < 4.78 is 10.9. The average molecular weight is 302 g/mol. The van der Waals surface area contributed by atoms with E-state index < -0.39 is 0 Å². The van der Waals surface area contributed by atoms with E-state index >= 15 is 0 Å². The summed E-state index contributed by atoms with van der Waals surface area (Å²) in [4.78, 5) is 22.5. The molecule has 3 rings (SSSR count). The summed E-state index contributed by atoms with van der Waals surface area (Å²) in [7, 11) is 0. The number of likely N-dealkylation sites (tertiary alicyclic amines) is 1. The molecule has 116 valence electrons. The third kappa shape index (κ3) is 2.93. The molecule has 0 N–H and O–H groups in total. The van der Waals surface area contributed by atoms with Crippen molar-refractivity contribution < 1.29 is 14.1 Å². The van der Waals surface area contributed by atoms with Crippen LogP contribution in [0.4, 0.5) is 0 Å². The van der Waals surface area contributed by atoms with Gasteiger partial charge in [0.25, 0.3) is 5.91 Å². The van der Waals surface area contributed by atoms with Gasteiger partial charge < -0.3 is 14.2 Å². The predicted octanol–water partition coefficient (Wildman–Crippen LogP) is 1.77. The van der Waals surface area contributed by atoms with Crippen molar-refractivity contribution in [1.29, 1.82) is 0 Å². The number of rotatable bonds is 3. The zero-order valence-electron chi connectivity index (χ0n) is 12.7. The van der Waals surface area contributed by atoms with Crippen molar-refractivity contribution >= 4 is 5.91 Å². The molecule has 7 nitrogen and oxygen atoms in total. The first-order valence-corrected chi connectivity index (χ1v) is 7.30. The molecule has 22 heavy (non-hydrogen) atoms. The molecule has 1 amide bonds. The molecule has 1 atom stereocenters. The molecule has 1 aliphatic rings. The van der Waals surface area contributed by atoms with Crippen molar-refractivity contribution in [3.05, 3.63) is 35.6 Å². The molecule has 2 aromatic rings. The second-order valence-electron chi connectivity index (χ2n) is 5.38. The molecular weight excluding hydrogens is 284 g/mol. The van der Waals surface area contributed by atoms with E-state index in [0.717, 1.165) is 12.8 Å². The fraction of sp³-hybridized carbons (Fsp3) is 0.467. The lowest BCUT2D eigenvalue weighted by atomic mass is 10.1. The molecule has 0 unspecified atom stereocenters. The van der Waals surface area contributed by atoms with Gasteiger partial charge in [0.1, 0.15) is 17.4 Å². The second kappa shape index (κ2) is 6.13. The predicted molar refractivity (Wildman–Crippen MR) is 77.6 cm³/mol. The Labute approximate surface area is 128 Å². The van der Waals surface area contributed by atoms with Gasteiger partial charge in [0.15, 0.2) is 0 Å². The number of nitrogens with zero attached hydrogens (tertiary/aromatic N) is 4. The Morgan fingerprint density at radius 2 is 2.27 bits per heavy atom. The van der Waals surface area contributed by atoms with Gasteiger partial charge in [-0.05, 0) is 26.7 Å². The number of amides is 1. The van der Waals surface area contributed by atoms with Gasteiger partial charge in [-0.2, -0.15) is 0 Å². The van der Waals surface area contributed by atoms with Crippen LogP contribution in [-0.2, 0) is 0 Å². The fourth-order valence-electron chi connectivity index (χ4n) is 2.68. The van der Waals surface area contributed by atoms with Crippen molar-refractivity contribution in [2.24, 2.45) is 0 Å². The summed E-state index contributed by atoms with van der Waals surface area (Å²) in [6.45, 7) is 4.77. The summed E-state index contributed by atoms with van der Waals surface area (Å²) in [6.07, 6.45) is 6.47. The highest BCUT2D eigenvalue weighted by Gasteiger charge is 2.29. The van der Waals surface area contributed by atoms with Crippen LogP contribution in [0.3, 0.4) is 0 Å². The number of carbonyl (C=O) groups excluding carboxylic acids is 1. The van der Waals surface area contributed by atoms with Crippen LogP contribution in [0.25, 0.3) is 0 Å². The number of ether oxygens (including phenoxy) is 1. The van der Waals surface area contributed by atoms with Crippen molar-refractivity contribution in [2.75, 3.05) is 13.1 Å². The van der Waals surface area contributed by atoms with E-state index in [1.165, 1.54) is 0 Å². The Balaban J connectivity index is 1.69. The van der Waals surface area contributed by atoms with Gasteiger partial charge in [-0.25, -0.2) is 4.98 Å². The average Bonchev–Trinajstić information content (AvgIpc) is 2.87. The third-order valence-corrected chi connectivity index (χ3v) is 3.74. The lowest BCUT2D eigenvalue weighted by Gasteiger charge is -2.32. The number of aryl methyl sites for hydroxylation is 2. The zero-order chi connectivity index (χ0) is 15.5. The van der Waals surface area contributed by atoms with Crippen LogP contribution in [-0.4, -0.2) is 45.1 Å². The van der Waals surface area contributed by atoms with Gasteiger partial charge in [-0.1, -0.05) is 5.16 Å². The Bertz CT molecular complexity index is 637. The number of hydrogen-bond donors (Lipinski definition) is 0. The largest absolute Gasteiger partial charge is 0.471 e. The topological polar surface area (TPSA) is 81.4 Å². The normalized spacial score (nSPS) is 18.3. The molecule has 1 aliphatic heterocycles. The van der Waals surface area contributed by atoms with Crippen LogP contribution < -0.4 is 4.74 Å². The molecule has 0 aliphatic carbocycles. The first-order valence-electron chi connectivity index (χ1n) is 7.30. The summed E-state index contributed by atoms with van der Waals surface area (Å²) in [5.41, 5.74) is 1.18. The van der Waals surface area contributed by atoms with Crippen molar-refractivity contribution in [2.45, 2.75) is 32.8 Å². The van der Waals surface area contributed by atoms with E-state index in [1.54, 1.807) is 37.3 Å². The molecule has 1 fully saturated rings. The summed E-state index contributed by atoms with van der Waals surface area (Å²) in [6, 6.07) is 0. The third-order valence-electron chi connectivity index (χ3n) is 3.74. The minimum atomic E-state index is -0.0742. The molecule has 0 saturated carbocycles. The van der Waals surface area contributed by atoms with Gasteiger partial charge in [0, 0.05) is 18.9 Å². The maximum Gasteiger partial charge on any atom is 0.259 e. The van der Waals surface area contributed by atoms with Gasteiger partial charge in [-0.3, -0.25) is 9.78 Å². The number of hydrogen-bond acceptors (Lipinski definition) is 6. The molecule has 1 saturated heterocycles. The standard InChI is InChI=1S/C15H18N4O3/c1-10-14(11(2)22-18-10)15(20)19-7-3-4-12(9-19)21-13-8-16-5-6-17-13/h5-6,8,12H,3-4,7,9H2,1-2H3/t12-/m1/s1. The van der Waals surface area contributed by atoms with Gasteiger partial charge >= 0.3 is 0 Å². The lowest BCUT2D eigenvalue weighted by molar-refractivity contribution is 0.0524. The highest BCUT2D eigenvalue weighted by atomic mass is 16.5. The SMILES string of the molecule is Cc1noc(C)c1C(=O)N1CCC[C@@H](Oc2cnccn2)C1. The first-order chi connectivity index (χ1) is 10.6. The fourth-order valence-corrected chi connectivity index (χ4v) is 2.68. The first kappa shape index (κ1) is 14.5. The molecular formula is C15H18N4O3. The molecule has 3 heterocycles. The van der Waals surface area contributed by atoms with E-state index in [0.29, 0.717) is 36.0 Å². The van der Waals surface area contributed by atoms with Crippen molar-refractivity contribution in [1.82, 2.24) is 20.0 Å². The molecule has 0 spiro atoms. The number of carbonyl (C=O) groups is 1. The Morgan fingerprint density at radius 3 is 2.95 bits per heavy atom. The molecule has 0 aromatic carbocycles. The van der Waals surface area contributed by atoms with Gasteiger partial charge in [0.2, 0.25) is 5.88 Å². The molecule has 0 bridgehead atoms. The highest BCUT2D eigenvalue weighted by Crippen LogP contribution is 2.20. The Morgan fingerprint density at radius 1 is 1.41 bits per heavy atom. The molecule has 7 heteroatoms. The molecule has 2 aromatic heterocycles. The highest BCUT2D eigenvalue weighted by molar-refractivity contribution is 5.96. The summed E-state index contributed by atoms with van der Waals surface area (Å²) in [5, 5.41) is 3.85. The van der Waals surface area contributed by atoms with Crippen molar-refractivity contribution in [3.63, 3.8) is 0 Å². The zero-order valence-corrected chi connectivity index (χ0v) is 12.7. The number of aromatic nitrogens is 3. The van der Waals surface area contributed by atoms with E-state index in [1.807, 2.05) is 0 Å². The summed E-state index contributed by atoms with van der Waals surface area (Å²) >= 11 is 0. The smallest absolute Gasteiger partial charge is 0.259 e. The minimum absolute atomic E-state index is 0.0521. The van der Waals surface area contributed by atoms with Crippen LogP contribution in [0, 0.1) is 13.8 Å². The lowest BCUT2D eigenvalue weighted by Crippen LogP contribution is -2.44. The summed E-state index contributed by atoms with van der Waals surface area (Å²) in [5.74, 6) is 0.988. The maximum absolute atomic E-state index is 12.6. The van der Waals surface area contributed by atoms with E-state index in [9.17, 15) is 4.79 Å². The Hall–Kier alpha value is -2.44. The monoisotopic (exact) mass is 302 g/mol. The quantitative estimate of drug-likeness (QED) is 0.859. The number of piperidine rings is 1. The molecule has 0 radical (unpaired) electrons. The van der Waals surface area contributed by atoms with Crippen LogP contribution >= 0.6 is 0 Å². The van der Waals surface area contributed by atoms with E-state index in [-0.39, 0.29) is 12.0 Å². The Kier molecular flexibility index (Phi) is 4.04. The van der Waals surface area contributed by atoms with Gasteiger partial charge in [-0.15, -0.1) is 0 Å². The van der Waals surface area contributed by atoms with Crippen molar-refractivity contribution in [3.8, 4) is 5.88 Å². The maximum atomic E-state index is 12.6. The van der Waals surface area contributed by atoms with Gasteiger partial charge in [0.05, 0.1) is 18.4 Å². The van der Waals surface area contributed by atoms with E-state index in [2.05, 4.69) is 15.1 Å². The van der Waals surface area contributed by atoms with Crippen LogP contribution in [0.2, 0.25) is 0 Å².